The maximum atomic E-state index is 12.6. The van der Waals surface area contributed by atoms with Crippen molar-refractivity contribution in [2.24, 2.45) is 5.92 Å². The van der Waals surface area contributed by atoms with Gasteiger partial charge >= 0.3 is 0 Å². The van der Waals surface area contributed by atoms with Crippen molar-refractivity contribution in [2.45, 2.75) is 65.5 Å². The SMILES string of the molecule is CCC1(C)NC(=O)CC(C)N(CCC(C)C)C1=O. The molecule has 2 amide bonds. The van der Waals surface area contributed by atoms with E-state index in [-0.39, 0.29) is 17.9 Å². The van der Waals surface area contributed by atoms with Gasteiger partial charge in [-0.1, -0.05) is 20.8 Å². The van der Waals surface area contributed by atoms with Gasteiger partial charge in [-0.2, -0.15) is 0 Å². The average Bonchev–Trinajstić information content (AvgIpc) is 2.34. The first kappa shape index (κ1) is 15.0. The summed E-state index contributed by atoms with van der Waals surface area (Å²) in [6.07, 6.45) is 2.01. The lowest BCUT2D eigenvalue weighted by atomic mass is 9.96. The summed E-state index contributed by atoms with van der Waals surface area (Å²) in [5.41, 5.74) is -0.737. The first-order valence-electron chi connectivity index (χ1n) is 6.92. The minimum atomic E-state index is -0.737. The number of rotatable bonds is 4. The minimum absolute atomic E-state index is 0.00961. The molecular formula is C14H26N2O2. The zero-order chi connectivity index (χ0) is 13.9. The molecule has 1 rings (SSSR count). The van der Waals surface area contributed by atoms with E-state index in [1.165, 1.54) is 0 Å². The molecule has 4 nitrogen and oxygen atoms in total. The molecule has 1 aliphatic heterocycles. The zero-order valence-corrected chi connectivity index (χ0v) is 12.2. The van der Waals surface area contributed by atoms with E-state index < -0.39 is 5.54 Å². The Balaban J connectivity index is 2.91. The summed E-state index contributed by atoms with van der Waals surface area (Å²) in [5, 5.41) is 2.87. The summed E-state index contributed by atoms with van der Waals surface area (Å²) in [6, 6.07) is -0.00961. The van der Waals surface area contributed by atoms with Gasteiger partial charge in [-0.15, -0.1) is 0 Å². The Kier molecular flexibility index (Phi) is 4.77. The van der Waals surface area contributed by atoms with Crippen LogP contribution in [0.5, 0.6) is 0 Å². The lowest BCUT2D eigenvalue weighted by Crippen LogP contribution is -2.55. The van der Waals surface area contributed by atoms with Gasteiger partial charge in [0, 0.05) is 19.0 Å². The van der Waals surface area contributed by atoms with Gasteiger partial charge < -0.3 is 10.2 Å². The fourth-order valence-electron chi connectivity index (χ4n) is 2.27. The van der Waals surface area contributed by atoms with Crippen molar-refractivity contribution in [2.75, 3.05) is 6.54 Å². The third-order valence-electron chi connectivity index (χ3n) is 3.82. The molecule has 104 valence electrons. The molecule has 0 aromatic rings. The van der Waals surface area contributed by atoms with Crippen LogP contribution in [0.25, 0.3) is 0 Å². The first-order valence-corrected chi connectivity index (χ1v) is 6.92. The normalized spacial score (nSPS) is 29.4. The largest absolute Gasteiger partial charge is 0.342 e. The van der Waals surface area contributed by atoms with Gasteiger partial charge in [-0.05, 0) is 32.6 Å². The smallest absolute Gasteiger partial charge is 0.248 e. The van der Waals surface area contributed by atoms with Gasteiger partial charge in [0.15, 0.2) is 0 Å². The van der Waals surface area contributed by atoms with Crippen LogP contribution in [-0.2, 0) is 9.59 Å². The Labute approximate surface area is 110 Å². The van der Waals surface area contributed by atoms with Crippen molar-refractivity contribution in [1.29, 1.82) is 0 Å². The maximum absolute atomic E-state index is 12.6. The van der Waals surface area contributed by atoms with Gasteiger partial charge in [0.05, 0.1) is 0 Å². The standard InChI is InChI=1S/C14H26N2O2/c1-6-14(5)13(18)16(8-7-10(2)3)11(4)9-12(17)15-14/h10-11H,6-9H2,1-5H3,(H,15,17). The molecular weight excluding hydrogens is 228 g/mol. The van der Waals surface area contributed by atoms with Crippen molar-refractivity contribution in [3.05, 3.63) is 0 Å². The highest BCUT2D eigenvalue weighted by molar-refractivity contribution is 5.93. The van der Waals surface area contributed by atoms with E-state index in [2.05, 4.69) is 19.2 Å². The molecule has 0 bridgehead atoms. The second-order valence-corrected chi connectivity index (χ2v) is 5.97. The summed E-state index contributed by atoms with van der Waals surface area (Å²) >= 11 is 0. The molecule has 0 aromatic heterocycles. The maximum Gasteiger partial charge on any atom is 0.248 e. The van der Waals surface area contributed by atoms with Crippen LogP contribution < -0.4 is 5.32 Å². The predicted octanol–water partition coefficient (Wildman–Crippen LogP) is 1.94. The van der Waals surface area contributed by atoms with E-state index in [9.17, 15) is 9.59 Å². The Bertz CT molecular complexity index is 328. The molecule has 0 saturated carbocycles. The van der Waals surface area contributed by atoms with Crippen LogP contribution in [-0.4, -0.2) is 34.8 Å². The minimum Gasteiger partial charge on any atom is -0.342 e. The lowest BCUT2D eigenvalue weighted by Gasteiger charge is -2.34. The topological polar surface area (TPSA) is 49.4 Å². The van der Waals surface area contributed by atoms with E-state index in [1.807, 2.05) is 25.7 Å². The highest BCUT2D eigenvalue weighted by Gasteiger charge is 2.41. The van der Waals surface area contributed by atoms with Gasteiger partial charge in [0.25, 0.3) is 0 Å². The molecule has 1 aliphatic rings. The summed E-state index contributed by atoms with van der Waals surface area (Å²) in [4.78, 5) is 26.3. The number of hydrogen-bond acceptors (Lipinski definition) is 2. The molecule has 0 aliphatic carbocycles. The summed E-state index contributed by atoms with van der Waals surface area (Å²) < 4.78 is 0. The fourth-order valence-corrected chi connectivity index (χ4v) is 2.27. The van der Waals surface area contributed by atoms with Gasteiger partial charge in [-0.3, -0.25) is 9.59 Å². The van der Waals surface area contributed by atoms with Crippen LogP contribution >= 0.6 is 0 Å². The van der Waals surface area contributed by atoms with E-state index in [0.717, 1.165) is 13.0 Å². The van der Waals surface area contributed by atoms with Gasteiger partial charge in [0.2, 0.25) is 11.8 Å². The molecule has 0 spiro atoms. The Morgan fingerprint density at radius 3 is 2.56 bits per heavy atom. The second-order valence-electron chi connectivity index (χ2n) is 5.97. The van der Waals surface area contributed by atoms with Crippen LogP contribution in [0.4, 0.5) is 0 Å². The third kappa shape index (κ3) is 3.24. The van der Waals surface area contributed by atoms with E-state index in [0.29, 0.717) is 18.8 Å². The van der Waals surface area contributed by atoms with Crippen molar-refractivity contribution < 1.29 is 9.59 Å². The summed E-state index contributed by atoms with van der Waals surface area (Å²) in [6.45, 7) is 10.8. The van der Waals surface area contributed by atoms with E-state index in [4.69, 9.17) is 0 Å². The van der Waals surface area contributed by atoms with E-state index >= 15 is 0 Å². The molecule has 1 N–H and O–H groups in total. The highest BCUT2D eigenvalue weighted by Crippen LogP contribution is 2.22. The van der Waals surface area contributed by atoms with Gasteiger partial charge in [-0.25, -0.2) is 0 Å². The van der Waals surface area contributed by atoms with Crippen molar-refractivity contribution in [3.8, 4) is 0 Å². The van der Waals surface area contributed by atoms with E-state index in [1.54, 1.807) is 0 Å². The number of nitrogens with one attached hydrogen (secondary N) is 1. The Morgan fingerprint density at radius 1 is 1.44 bits per heavy atom. The van der Waals surface area contributed by atoms with Crippen LogP contribution in [0.1, 0.15) is 53.9 Å². The molecule has 4 heteroatoms. The number of nitrogens with zero attached hydrogens (tertiary/aromatic N) is 1. The molecule has 1 heterocycles. The molecule has 18 heavy (non-hydrogen) atoms. The average molecular weight is 254 g/mol. The number of carbonyl (C=O) groups is 2. The highest BCUT2D eigenvalue weighted by atomic mass is 16.2. The number of carbonyl (C=O) groups excluding carboxylic acids is 2. The second kappa shape index (κ2) is 5.72. The molecule has 0 radical (unpaired) electrons. The van der Waals surface area contributed by atoms with Crippen molar-refractivity contribution >= 4 is 11.8 Å². The molecule has 2 atom stereocenters. The monoisotopic (exact) mass is 254 g/mol. The number of amides is 2. The third-order valence-corrected chi connectivity index (χ3v) is 3.82. The van der Waals surface area contributed by atoms with Crippen molar-refractivity contribution in [1.82, 2.24) is 10.2 Å². The van der Waals surface area contributed by atoms with Crippen LogP contribution in [0.3, 0.4) is 0 Å². The molecule has 0 aromatic carbocycles. The molecule has 2 unspecified atom stereocenters. The van der Waals surface area contributed by atoms with Crippen LogP contribution in [0, 0.1) is 5.92 Å². The summed E-state index contributed by atoms with van der Waals surface area (Å²) in [7, 11) is 0. The molecule has 1 fully saturated rings. The van der Waals surface area contributed by atoms with Crippen molar-refractivity contribution in [3.63, 3.8) is 0 Å². The predicted molar refractivity (Wildman–Crippen MR) is 72.1 cm³/mol. The van der Waals surface area contributed by atoms with Crippen LogP contribution in [0.2, 0.25) is 0 Å². The zero-order valence-electron chi connectivity index (χ0n) is 12.2. The van der Waals surface area contributed by atoms with Crippen LogP contribution in [0.15, 0.2) is 0 Å². The Hall–Kier alpha value is -1.06. The quantitative estimate of drug-likeness (QED) is 0.833. The van der Waals surface area contributed by atoms with Gasteiger partial charge in [0.1, 0.15) is 5.54 Å². The molecule has 1 saturated heterocycles. The fraction of sp³-hybridized carbons (Fsp3) is 0.857. The first-order chi connectivity index (χ1) is 8.30. The summed E-state index contributed by atoms with van der Waals surface area (Å²) in [5.74, 6) is 0.598. The Morgan fingerprint density at radius 2 is 2.06 bits per heavy atom. The number of hydrogen-bond donors (Lipinski definition) is 1. The lowest BCUT2D eigenvalue weighted by molar-refractivity contribution is -0.139.